The molecule has 26 heavy (non-hydrogen) atoms. The summed E-state index contributed by atoms with van der Waals surface area (Å²) < 4.78 is 26.3. The van der Waals surface area contributed by atoms with Gasteiger partial charge in [-0.25, -0.2) is 13.8 Å². The van der Waals surface area contributed by atoms with E-state index in [4.69, 9.17) is 0 Å². The van der Waals surface area contributed by atoms with Crippen LogP contribution < -0.4 is 5.32 Å². The van der Waals surface area contributed by atoms with Crippen LogP contribution in [-0.4, -0.2) is 16.1 Å². The standard InChI is InChI=1S/C19H14F2N2OS2/c20-14-6-5-11(8-15(14)21)7-13-10-22-19(25-13)23-18(24)17-9-12-3-1-2-4-16(12)26-17/h1-6,8,10,17H,7,9H2,(H,22,23,24). The van der Waals surface area contributed by atoms with Gasteiger partial charge in [-0.1, -0.05) is 24.3 Å². The average Bonchev–Trinajstić information content (AvgIpc) is 3.25. The summed E-state index contributed by atoms with van der Waals surface area (Å²) in [5, 5.41) is 3.22. The van der Waals surface area contributed by atoms with E-state index in [1.807, 2.05) is 24.3 Å². The van der Waals surface area contributed by atoms with Crippen molar-refractivity contribution in [3.63, 3.8) is 0 Å². The third-order valence-electron chi connectivity index (χ3n) is 4.09. The van der Waals surface area contributed by atoms with Crippen LogP contribution in [0.25, 0.3) is 0 Å². The second-order valence-electron chi connectivity index (χ2n) is 5.96. The van der Waals surface area contributed by atoms with Crippen molar-refractivity contribution < 1.29 is 13.6 Å². The summed E-state index contributed by atoms with van der Waals surface area (Å²) in [6, 6.07) is 11.9. The molecule has 0 aliphatic carbocycles. The number of benzene rings is 2. The Bertz CT molecular complexity index is 949. The Morgan fingerprint density at radius 2 is 2.04 bits per heavy atom. The molecule has 0 spiro atoms. The average molecular weight is 388 g/mol. The monoisotopic (exact) mass is 388 g/mol. The highest BCUT2D eigenvalue weighted by atomic mass is 32.2. The van der Waals surface area contributed by atoms with Gasteiger partial charge < -0.3 is 5.32 Å². The van der Waals surface area contributed by atoms with Crippen molar-refractivity contribution in [2.45, 2.75) is 23.0 Å². The van der Waals surface area contributed by atoms with Crippen LogP contribution in [0.1, 0.15) is 16.0 Å². The molecule has 4 rings (SSSR count). The number of aromatic nitrogens is 1. The van der Waals surface area contributed by atoms with E-state index in [9.17, 15) is 13.6 Å². The number of amides is 1. The lowest BCUT2D eigenvalue weighted by Gasteiger charge is -2.07. The van der Waals surface area contributed by atoms with Crippen LogP contribution in [0.5, 0.6) is 0 Å². The highest BCUT2D eigenvalue weighted by Crippen LogP contribution is 2.37. The molecule has 1 aromatic heterocycles. The highest BCUT2D eigenvalue weighted by Gasteiger charge is 2.28. The van der Waals surface area contributed by atoms with E-state index in [0.29, 0.717) is 23.5 Å². The predicted octanol–water partition coefficient (Wildman–Crippen LogP) is 4.67. The first-order valence-corrected chi connectivity index (χ1v) is 9.72. The van der Waals surface area contributed by atoms with Crippen LogP contribution >= 0.6 is 23.1 Å². The molecule has 2 heterocycles. The molecule has 1 atom stereocenters. The molecular formula is C19H14F2N2OS2. The maximum atomic E-state index is 13.3. The number of nitrogens with one attached hydrogen (secondary N) is 1. The Morgan fingerprint density at radius 1 is 1.19 bits per heavy atom. The summed E-state index contributed by atoms with van der Waals surface area (Å²) in [7, 11) is 0. The molecule has 3 aromatic rings. The Morgan fingerprint density at radius 3 is 2.85 bits per heavy atom. The fourth-order valence-electron chi connectivity index (χ4n) is 2.81. The summed E-state index contributed by atoms with van der Waals surface area (Å²) >= 11 is 2.90. The number of hydrogen-bond donors (Lipinski definition) is 1. The number of nitrogens with zero attached hydrogens (tertiary/aromatic N) is 1. The number of carbonyl (C=O) groups excluding carboxylic acids is 1. The van der Waals surface area contributed by atoms with Crippen LogP contribution in [0.4, 0.5) is 13.9 Å². The molecule has 1 aliphatic rings. The highest BCUT2D eigenvalue weighted by molar-refractivity contribution is 8.01. The molecule has 7 heteroatoms. The van der Waals surface area contributed by atoms with Gasteiger partial charge in [0.2, 0.25) is 5.91 Å². The summed E-state index contributed by atoms with van der Waals surface area (Å²) in [5.41, 5.74) is 1.85. The fourth-order valence-corrected chi connectivity index (χ4v) is 4.86. The van der Waals surface area contributed by atoms with E-state index < -0.39 is 11.6 Å². The van der Waals surface area contributed by atoms with Gasteiger partial charge in [0.1, 0.15) is 0 Å². The number of fused-ring (bicyclic) bond motifs is 1. The maximum absolute atomic E-state index is 13.3. The zero-order valence-corrected chi connectivity index (χ0v) is 15.2. The molecule has 0 radical (unpaired) electrons. The zero-order valence-electron chi connectivity index (χ0n) is 13.5. The van der Waals surface area contributed by atoms with Crippen molar-refractivity contribution in [2.75, 3.05) is 5.32 Å². The lowest BCUT2D eigenvalue weighted by molar-refractivity contribution is -0.115. The van der Waals surface area contributed by atoms with Crippen molar-refractivity contribution >= 4 is 34.1 Å². The topological polar surface area (TPSA) is 42.0 Å². The SMILES string of the molecule is O=C(Nc1ncc(Cc2ccc(F)c(F)c2)s1)C1Cc2ccccc2S1. The van der Waals surface area contributed by atoms with Gasteiger partial charge in [0.15, 0.2) is 16.8 Å². The Hall–Kier alpha value is -2.25. The quantitative estimate of drug-likeness (QED) is 0.706. The van der Waals surface area contributed by atoms with Crippen LogP contribution in [-0.2, 0) is 17.6 Å². The molecular weight excluding hydrogens is 374 g/mol. The first-order valence-electron chi connectivity index (χ1n) is 8.02. The summed E-state index contributed by atoms with van der Waals surface area (Å²) in [5.74, 6) is -1.79. The van der Waals surface area contributed by atoms with Gasteiger partial charge in [0, 0.05) is 22.4 Å². The van der Waals surface area contributed by atoms with Crippen LogP contribution in [0.2, 0.25) is 0 Å². The van der Waals surface area contributed by atoms with Crippen LogP contribution in [0, 0.1) is 11.6 Å². The molecule has 1 aliphatic heterocycles. The number of thioether (sulfide) groups is 1. The predicted molar refractivity (Wildman–Crippen MR) is 99.7 cm³/mol. The minimum Gasteiger partial charge on any atom is -0.301 e. The Labute approximate surface area is 157 Å². The van der Waals surface area contributed by atoms with Crippen molar-refractivity contribution in [1.82, 2.24) is 4.98 Å². The van der Waals surface area contributed by atoms with E-state index >= 15 is 0 Å². The lowest BCUT2D eigenvalue weighted by Crippen LogP contribution is -2.24. The minimum absolute atomic E-state index is 0.0695. The molecule has 1 N–H and O–H groups in total. The molecule has 1 unspecified atom stereocenters. The van der Waals surface area contributed by atoms with Gasteiger partial charge >= 0.3 is 0 Å². The van der Waals surface area contributed by atoms with E-state index in [0.717, 1.165) is 15.8 Å². The summed E-state index contributed by atoms with van der Waals surface area (Å²) in [6.45, 7) is 0. The van der Waals surface area contributed by atoms with E-state index in [1.165, 1.54) is 23.0 Å². The number of rotatable bonds is 4. The number of anilines is 1. The van der Waals surface area contributed by atoms with Crippen molar-refractivity contribution in [3.8, 4) is 0 Å². The third kappa shape index (κ3) is 3.64. The molecule has 0 saturated heterocycles. The number of carbonyl (C=O) groups is 1. The Kier molecular flexibility index (Phi) is 4.74. The van der Waals surface area contributed by atoms with Gasteiger partial charge in [-0.3, -0.25) is 4.79 Å². The third-order valence-corrected chi connectivity index (χ3v) is 6.32. The van der Waals surface area contributed by atoms with Crippen LogP contribution in [0.3, 0.4) is 0 Å². The van der Waals surface area contributed by atoms with Crippen LogP contribution in [0.15, 0.2) is 53.6 Å². The second kappa shape index (κ2) is 7.17. The zero-order chi connectivity index (χ0) is 18.1. The van der Waals surface area contributed by atoms with Gasteiger partial charge in [-0.2, -0.15) is 0 Å². The normalized spacial score (nSPS) is 15.7. The van der Waals surface area contributed by atoms with E-state index in [1.54, 1.807) is 24.0 Å². The summed E-state index contributed by atoms with van der Waals surface area (Å²) in [6.07, 6.45) is 2.80. The van der Waals surface area contributed by atoms with E-state index in [2.05, 4.69) is 10.3 Å². The molecule has 0 fully saturated rings. The molecule has 1 amide bonds. The lowest BCUT2D eigenvalue weighted by atomic mass is 10.1. The van der Waals surface area contributed by atoms with Gasteiger partial charge in [-0.05, 0) is 35.7 Å². The van der Waals surface area contributed by atoms with Crippen molar-refractivity contribution in [2.24, 2.45) is 0 Å². The van der Waals surface area contributed by atoms with Gasteiger partial charge in [0.25, 0.3) is 0 Å². The smallest absolute Gasteiger partial charge is 0.239 e. The molecule has 0 bridgehead atoms. The second-order valence-corrected chi connectivity index (χ2v) is 8.32. The Balaban J connectivity index is 1.39. The molecule has 132 valence electrons. The number of thiazole rings is 1. The molecule has 0 saturated carbocycles. The maximum Gasteiger partial charge on any atom is 0.239 e. The van der Waals surface area contributed by atoms with E-state index in [-0.39, 0.29) is 11.2 Å². The van der Waals surface area contributed by atoms with Crippen molar-refractivity contribution in [1.29, 1.82) is 0 Å². The minimum atomic E-state index is -0.863. The first-order chi connectivity index (χ1) is 12.6. The summed E-state index contributed by atoms with van der Waals surface area (Å²) in [4.78, 5) is 18.7. The molecule has 2 aromatic carbocycles. The van der Waals surface area contributed by atoms with Crippen molar-refractivity contribution in [3.05, 3.63) is 76.3 Å². The number of halogens is 2. The first kappa shape index (κ1) is 17.2. The largest absolute Gasteiger partial charge is 0.301 e. The fraction of sp³-hybridized carbons (Fsp3) is 0.158. The van der Waals surface area contributed by atoms with Gasteiger partial charge in [-0.15, -0.1) is 23.1 Å². The van der Waals surface area contributed by atoms with Gasteiger partial charge in [0.05, 0.1) is 5.25 Å². The molecule has 3 nitrogen and oxygen atoms in total. The number of hydrogen-bond acceptors (Lipinski definition) is 4.